The average Bonchev–Trinajstić information content (AvgIpc) is 3.33. The molecule has 0 aliphatic carbocycles. The Morgan fingerprint density at radius 2 is 2.18 bits per heavy atom. The van der Waals surface area contributed by atoms with Crippen LogP contribution >= 0.6 is 27.3 Å². The zero-order valence-electron chi connectivity index (χ0n) is 14.6. The van der Waals surface area contributed by atoms with Gasteiger partial charge in [-0.25, -0.2) is 18.4 Å². The van der Waals surface area contributed by atoms with Gasteiger partial charge in [0, 0.05) is 18.2 Å². The molecule has 10 heteroatoms. The summed E-state index contributed by atoms with van der Waals surface area (Å²) in [6, 6.07) is 4.04. The minimum Gasteiger partial charge on any atom is -0.381 e. The fourth-order valence-electron chi connectivity index (χ4n) is 3.49. The predicted molar refractivity (Wildman–Crippen MR) is 102 cm³/mol. The van der Waals surface area contributed by atoms with E-state index in [2.05, 4.69) is 26.0 Å². The van der Waals surface area contributed by atoms with Crippen molar-refractivity contribution in [2.45, 2.75) is 31.7 Å². The quantitative estimate of drug-likeness (QED) is 0.623. The molecule has 1 aliphatic heterocycles. The van der Waals surface area contributed by atoms with Crippen LogP contribution in [0.25, 0.3) is 0 Å². The first-order chi connectivity index (χ1) is 13.3. The topological polar surface area (TPSA) is 71.2 Å². The van der Waals surface area contributed by atoms with Gasteiger partial charge in [-0.05, 0) is 40.5 Å². The van der Waals surface area contributed by atoms with Gasteiger partial charge in [-0.3, -0.25) is 4.79 Å². The van der Waals surface area contributed by atoms with Crippen molar-refractivity contribution < 1.29 is 18.7 Å². The van der Waals surface area contributed by atoms with E-state index in [1.165, 1.54) is 39.6 Å². The van der Waals surface area contributed by atoms with Gasteiger partial charge in [0.25, 0.3) is 5.91 Å². The van der Waals surface area contributed by atoms with Gasteiger partial charge in [-0.2, -0.15) is 5.10 Å². The van der Waals surface area contributed by atoms with E-state index in [9.17, 15) is 18.7 Å². The maximum atomic E-state index is 14.6. The van der Waals surface area contributed by atoms with Crippen LogP contribution in [0.3, 0.4) is 0 Å². The highest BCUT2D eigenvalue weighted by Gasteiger charge is 2.46. The number of nitrogens with zero attached hydrogens (tertiary/aromatic N) is 4. The molecule has 0 fully saturated rings. The summed E-state index contributed by atoms with van der Waals surface area (Å²) in [6.07, 6.45) is 2.68. The van der Waals surface area contributed by atoms with Gasteiger partial charge >= 0.3 is 0 Å². The molecule has 2 atom stereocenters. The number of carbonyl (C=O) groups excluding carboxylic acids is 1. The molecule has 0 radical (unpaired) electrons. The lowest BCUT2D eigenvalue weighted by molar-refractivity contribution is -0.0556. The number of carbonyl (C=O) groups is 1. The smallest absolute Gasteiger partial charge is 0.264 e. The molecule has 1 N–H and O–H groups in total. The van der Waals surface area contributed by atoms with Crippen LogP contribution in [-0.4, -0.2) is 36.7 Å². The number of rotatable bonds is 5. The summed E-state index contributed by atoms with van der Waals surface area (Å²) in [5.41, 5.74) is -1.12. The highest BCUT2D eigenvalue weighted by Crippen LogP contribution is 2.39. The van der Waals surface area contributed by atoms with Crippen molar-refractivity contribution in [3.05, 3.63) is 68.3 Å². The molecule has 3 aromatic rings. The summed E-state index contributed by atoms with van der Waals surface area (Å²) in [7, 11) is 0. The standard InChI is InChI=1S/C18H15BrF2N4O2S/c1-10(25-6-11-4-15(19)28-16(11)17(25)26)18(27,7-24-9-22-8-23-24)13-3-2-12(20)5-14(13)21/h2-5,8-10,27H,6-7H2,1H3/t10-,18-/m1/s1. The van der Waals surface area contributed by atoms with Gasteiger partial charge in [-0.1, -0.05) is 6.07 Å². The first kappa shape index (κ1) is 19.2. The molecular formula is C18H15BrF2N4O2S. The zero-order chi connectivity index (χ0) is 20.1. The van der Waals surface area contributed by atoms with E-state index in [-0.39, 0.29) is 18.0 Å². The molecule has 1 amide bonds. The van der Waals surface area contributed by atoms with Gasteiger partial charge in [0.2, 0.25) is 0 Å². The number of thiophene rings is 1. The molecule has 4 rings (SSSR count). The fourth-order valence-corrected chi connectivity index (χ4v) is 5.11. The lowest BCUT2D eigenvalue weighted by Gasteiger charge is -2.39. The molecule has 2 aromatic heterocycles. The Hall–Kier alpha value is -2.17. The molecule has 28 heavy (non-hydrogen) atoms. The van der Waals surface area contributed by atoms with Gasteiger partial charge in [0.15, 0.2) is 0 Å². The highest BCUT2D eigenvalue weighted by molar-refractivity contribution is 9.11. The molecule has 0 saturated heterocycles. The van der Waals surface area contributed by atoms with E-state index in [1.807, 2.05) is 6.07 Å². The van der Waals surface area contributed by atoms with Crippen LogP contribution in [0.1, 0.15) is 27.7 Å². The Morgan fingerprint density at radius 3 is 2.82 bits per heavy atom. The summed E-state index contributed by atoms with van der Waals surface area (Å²) >= 11 is 4.68. The molecule has 1 aliphatic rings. The van der Waals surface area contributed by atoms with Crippen molar-refractivity contribution in [2.75, 3.05) is 0 Å². The number of fused-ring (bicyclic) bond motifs is 1. The van der Waals surface area contributed by atoms with Crippen LogP contribution in [0.2, 0.25) is 0 Å². The third-order valence-corrected chi connectivity index (χ3v) is 6.67. The fraction of sp³-hybridized carbons (Fsp3) is 0.278. The predicted octanol–water partition coefficient (Wildman–Crippen LogP) is 3.31. The van der Waals surface area contributed by atoms with Crippen molar-refractivity contribution >= 4 is 33.2 Å². The third-order valence-electron chi connectivity index (χ3n) is 5.00. The van der Waals surface area contributed by atoms with Crippen LogP contribution in [0.4, 0.5) is 8.78 Å². The molecule has 6 nitrogen and oxygen atoms in total. The van der Waals surface area contributed by atoms with Gasteiger partial charge in [0.05, 0.1) is 21.3 Å². The van der Waals surface area contributed by atoms with Crippen LogP contribution < -0.4 is 0 Å². The number of aromatic nitrogens is 3. The van der Waals surface area contributed by atoms with E-state index in [4.69, 9.17) is 0 Å². The minimum absolute atomic E-state index is 0.110. The molecule has 0 bridgehead atoms. The Balaban J connectivity index is 1.75. The summed E-state index contributed by atoms with van der Waals surface area (Å²) in [4.78, 5) is 18.8. The number of benzene rings is 1. The number of amides is 1. The molecule has 0 saturated carbocycles. The monoisotopic (exact) mass is 468 g/mol. The first-order valence-electron chi connectivity index (χ1n) is 8.39. The Morgan fingerprint density at radius 1 is 1.39 bits per heavy atom. The van der Waals surface area contributed by atoms with Crippen molar-refractivity contribution in [2.24, 2.45) is 0 Å². The number of hydrogen-bond acceptors (Lipinski definition) is 5. The maximum Gasteiger partial charge on any atom is 0.264 e. The first-order valence-corrected chi connectivity index (χ1v) is 10.00. The Kier molecular flexibility index (Phi) is 4.80. The van der Waals surface area contributed by atoms with E-state index in [0.29, 0.717) is 17.5 Å². The van der Waals surface area contributed by atoms with Crippen molar-refractivity contribution in [3.63, 3.8) is 0 Å². The van der Waals surface area contributed by atoms with E-state index < -0.39 is 23.3 Å². The number of halogens is 3. The van der Waals surface area contributed by atoms with Crippen LogP contribution in [-0.2, 0) is 18.7 Å². The minimum atomic E-state index is -1.85. The van der Waals surface area contributed by atoms with Gasteiger partial charge < -0.3 is 10.0 Å². The Bertz CT molecular complexity index is 1040. The third kappa shape index (κ3) is 3.15. The van der Waals surface area contributed by atoms with Gasteiger partial charge in [0.1, 0.15) is 29.9 Å². The highest BCUT2D eigenvalue weighted by atomic mass is 79.9. The number of hydrogen-bond donors (Lipinski definition) is 1. The van der Waals surface area contributed by atoms with Crippen molar-refractivity contribution in [3.8, 4) is 0 Å². The second-order valence-corrected chi connectivity index (χ2v) is 9.09. The zero-order valence-corrected chi connectivity index (χ0v) is 17.0. The summed E-state index contributed by atoms with van der Waals surface area (Å²) in [5, 5.41) is 15.6. The normalized spacial score (nSPS) is 16.9. The largest absolute Gasteiger partial charge is 0.381 e. The lowest BCUT2D eigenvalue weighted by Crippen LogP contribution is -2.52. The number of aliphatic hydroxyl groups is 1. The van der Waals surface area contributed by atoms with E-state index in [1.54, 1.807) is 6.92 Å². The molecular weight excluding hydrogens is 454 g/mol. The SMILES string of the molecule is C[C@@H](N1Cc2cc(Br)sc2C1=O)[C@](O)(Cn1cncn1)c1ccc(F)cc1F. The second kappa shape index (κ2) is 7.02. The molecule has 1 aromatic carbocycles. The summed E-state index contributed by atoms with van der Waals surface area (Å²) in [6.45, 7) is 1.78. The molecule has 0 spiro atoms. The second-order valence-electron chi connectivity index (χ2n) is 6.66. The van der Waals surface area contributed by atoms with Crippen LogP contribution in [0, 0.1) is 11.6 Å². The van der Waals surface area contributed by atoms with Gasteiger partial charge in [-0.15, -0.1) is 11.3 Å². The van der Waals surface area contributed by atoms with Crippen LogP contribution in [0.15, 0.2) is 40.7 Å². The van der Waals surface area contributed by atoms with E-state index in [0.717, 1.165) is 15.4 Å². The maximum absolute atomic E-state index is 14.6. The average molecular weight is 469 g/mol. The lowest BCUT2D eigenvalue weighted by atomic mass is 9.85. The summed E-state index contributed by atoms with van der Waals surface area (Å²) in [5.74, 6) is -1.88. The summed E-state index contributed by atoms with van der Waals surface area (Å²) < 4.78 is 30.3. The molecule has 3 heterocycles. The Labute approximate surface area is 171 Å². The van der Waals surface area contributed by atoms with Crippen molar-refractivity contribution in [1.29, 1.82) is 0 Å². The molecule has 0 unspecified atom stereocenters. The van der Waals surface area contributed by atoms with Crippen molar-refractivity contribution in [1.82, 2.24) is 19.7 Å². The van der Waals surface area contributed by atoms with E-state index >= 15 is 0 Å². The van der Waals surface area contributed by atoms with Crippen LogP contribution in [0.5, 0.6) is 0 Å². The molecule has 146 valence electrons.